The van der Waals surface area contributed by atoms with Crippen molar-refractivity contribution < 1.29 is 9.59 Å². The minimum Gasteiger partial charge on any atom is -0.290 e. The van der Waals surface area contributed by atoms with Gasteiger partial charge in [-0.05, 0) is 25.5 Å². The first kappa shape index (κ1) is 14.6. The van der Waals surface area contributed by atoms with Crippen molar-refractivity contribution in [2.24, 2.45) is 0 Å². The molecule has 112 valence electrons. The number of amides is 2. The van der Waals surface area contributed by atoms with Gasteiger partial charge in [0.1, 0.15) is 0 Å². The van der Waals surface area contributed by atoms with Gasteiger partial charge in [-0.15, -0.1) is 0 Å². The van der Waals surface area contributed by atoms with E-state index in [0.717, 1.165) is 41.4 Å². The molecule has 0 unspecified atom stereocenters. The maximum Gasteiger partial charge on any atom is 0.251 e. The lowest BCUT2D eigenvalue weighted by atomic mass is 10.1. The molecule has 0 spiro atoms. The molecular formula is C16H20N2O2S. The largest absolute Gasteiger partial charge is 0.290 e. The summed E-state index contributed by atoms with van der Waals surface area (Å²) < 4.78 is 0. The summed E-state index contributed by atoms with van der Waals surface area (Å²) in [7, 11) is 0. The highest BCUT2D eigenvalue weighted by Crippen LogP contribution is 2.29. The minimum absolute atomic E-state index is 0.0566. The molecule has 1 aromatic rings. The summed E-state index contributed by atoms with van der Waals surface area (Å²) in [6.45, 7) is 5.76. The highest BCUT2D eigenvalue weighted by atomic mass is 32.2. The van der Waals surface area contributed by atoms with Crippen LogP contribution in [0.15, 0.2) is 18.2 Å². The molecule has 3 rings (SSSR count). The minimum atomic E-state index is -0.265. The van der Waals surface area contributed by atoms with Gasteiger partial charge in [0.25, 0.3) is 5.91 Å². The molecule has 1 aromatic carbocycles. The summed E-state index contributed by atoms with van der Waals surface area (Å²) in [4.78, 5) is 28.6. The smallest absolute Gasteiger partial charge is 0.251 e. The van der Waals surface area contributed by atoms with Crippen molar-refractivity contribution in [3.8, 4) is 0 Å². The molecule has 0 radical (unpaired) electrons. The van der Waals surface area contributed by atoms with Gasteiger partial charge in [-0.1, -0.05) is 17.7 Å². The Bertz CT molecular complexity index is 582. The Labute approximate surface area is 129 Å². The van der Waals surface area contributed by atoms with E-state index in [1.165, 1.54) is 4.90 Å². The van der Waals surface area contributed by atoms with Crippen molar-refractivity contribution in [3.63, 3.8) is 0 Å². The summed E-state index contributed by atoms with van der Waals surface area (Å²) in [5.41, 5.74) is 2.86. The van der Waals surface area contributed by atoms with Gasteiger partial charge in [-0.2, -0.15) is 11.8 Å². The fourth-order valence-electron chi connectivity index (χ4n) is 3.10. The molecule has 2 aliphatic heterocycles. The van der Waals surface area contributed by atoms with Crippen LogP contribution in [0.2, 0.25) is 0 Å². The molecule has 2 saturated heterocycles. The van der Waals surface area contributed by atoms with E-state index in [4.69, 9.17) is 0 Å². The lowest BCUT2D eigenvalue weighted by Gasteiger charge is -2.30. The molecule has 2 amide bonds. The number of hydrogen-bond acceptors (Lipinski definition) is 4. The van der Waals surface area contributed by atoms with Gasteiger partial charge in [0.2, 0.25) is 5.91 Å². The SMILES string of the molecule is Cc1ccc(N2C(=O)C[C@H](N3CCSCC3)C2=O)c(C)c1. The third-order valence-corrected chi connectivity index (χ3v) is 5.14. The molecule has 2 heterocycles. The number of anilines is 1. The summed E-state index contributed by atoms with van der Waals surface area (Å²) in [6, 6.07) is 5.59. The number of carbonyl (C=O) groups is 2. The zero-order valence-electron chi connectivity index (χ0n) is 12.5. The molecule has 4 nitrogen and oxygen atoms in total. The molecule has 0 aromatic heterocycles. The van der Waals surface area contributed by atoms with E-state index in [0.29, 0.717) is 6.42 Å². The zero-order valence-corrected chi connectivity index (χ0v) is 13.3. The van der Waals surface area contributed by atoms with E-state index < -0.39 is 0 Å². The highest BCUT2D eigenvalue weighted by Gasteiger charge is 2.43. The summed E-state index contributed by atoms with van der Waals surface area (Å²) >= 11 is 1.91. The number of hydrogen-bond donors (Lipinski definition) is 0. The Balaban J connectivity index is 1.86. The van der Waals surface area contributed by atoms with Gasteiger partial charge in [0.05, 0.1) is 18.2 Å². The van der Waals surface area contributed by atoms with Crippen molar-refractivity contribution >= 4 is 29.3 Å². The number of rotatable bonds is 2. The first-order chi connectivity index (χ1) is 10.1. The van der Waals surface area contributed by atoms with Gasteiger partial charge in [0.15, 0.2) is 0 Å². The van der Waals surface area contributed by atoms with E-state index in [2.05, 4.69) is 4.90 Å². The van der Waals surface area contributed by atoms with Crippen LogP contribution in [-0.2, 0) is 9.59 Å². The third-order valence-electron chi connectivity index (χ3n) is 4.20. The Morgan fingerprint density at radius 2 is 1.86 bits per heavy atom. The van der Waals surface area contributed by atoms with E-state index in [1.807, 2.05) is 43.8 Å². The summed E-state index contributed by atoms with van der Waals surface area (Å²) in [5, 5.41) is 0. The van der Waals surface area contributed by atoms with Crippen LogP contribution in [0.25, 0.3) is 0 Å². The average molecular weight is 304 g/mol. The first-order valence-electron chi connectivity index (χ1n) is 7.34. The molecule has 1 atom stereocenters. The second-order valence-corrected chi connectivity index (χ2v) is 6.95. The molecule has 21 heavy (non-hydrogen) atoms. The lowest BCUT2D eigenvalue weighted by Crippen LogP contribution is -2.46. The topological polar surface area (TPSA) is 40.6 Å². The van der Waals surface area contributed by atoms with Crippen LogP contribution < -0.4 is 4.90 Å². The quantitative estimate of drug-likeness (QED) is 0.784. The predicted molar refractivity (Wildman–Crippen MR) is 85.7 cm³/mol. The van der Waals surface area contributed by atoms with Crippen LogP contribution in [0.5, 0.6) is 0 Å². The van der Waals surface area contributed by atoms with Crippen LogP contribution >= 0.6 is 11.8 Å². The zero-order chi connectivity index (χ0) is 15.0. The standard InChI is InChI=1S/C16H20N2O2S/c1-11-3-4-13(12(2)9-11)18-15(19)10-14(16(18)20)17-5-7-21-8-6-17/h3-4,9,14H,5-8,10H2,1-2H3/t14-/m0/s1. The van der Waals surface area contributed by atoms with Crippen LogP contribution in [0.3, 0.4) is 0 Å². The normalized spacial score (nSPS) is 23.9. The molecule has 0 bridgehead atoms. The van der Waals surface area contributed by atoms with Crippen molar-refractivity contribution in [1.82, 2.24) is 4.90 Å². The van der Waals surface area contributed by atoms with Gasteiger partial charge in [-0.3, -0.25) is 14.5 Å². The second-order valence-electron chi connectivity index (χ2n) is 5.73. The highest BCUT2D eigenvalue weighted by molar-refractivity contribution is 7.99. The van der Waals surface area contributed by atoms with Crippen molar-refractivity contribution in [1.29, 1.82) is 0 Å². The van der Waals surface area contributed by atoms with Crippen LogP contribution in [-0.4, -0.2) is 47.4 Å². The van der Waals surface area contributed by atoms with Crippen molar-refractivity contribution in [2.75, 3.05) is 29.5 Å². The van der Waals surface area contributed by atoms with Crippen molar-refractivity contribution in [2.45, 2.75) is 26.3 Å². The molecular weight excluding hydrogens is 284 g/mol. The van der Waals surface area contributed by atoms with Crippen molar-refractivity contribution in [3.05, 3.63) is 29.3 Å². The van der Waals surface area contributed by atoms with E-state index >= 15 is 0 Å². The molecule has 0 aliphatic carbocycles. The molecule has 0 N–H and O–H groups in total. The van der Waals surface area contributed by atoms with E-state index in [1.54, 1.807) is 0 Å². The predicted octanol–water partition coefficient (Wildman–Crippen LogP) is 1.98. The Morgan fingerprint density at radius 3 is 2.52 bits per heavy atom. The maximum atomic E-state index is 12.7. The van der Waals surface area contributed by atoms with Gasteiger partial charge in [0, 0.05) is 24.6 Å². The van der Waals surface area contributed by atoms with Gasteiger partial charge in [-0.25, -0.2) is 4.90 Å². The molecule has 5 heteroatoms. The maximum absolute atomic E-state index is 12.7. The fraction of sp³-hybridized carbons (Fsp3) is 0.500. The molecule has 0 saturated carbocycles. The monoisotopic (exact) mass is 304 g/mol. The van der Waals surface area contributed by atoms with E-state index in [9.17, 15) is 9.59 Å². The number of nitrogens with zero attached hydrogens (tertiary/aromatic N) is 2. The van der Waals surface area contributed by atoms with Crippen LogP contribution in [0.4, 0.5) is 5.69 Å². The summed E-state index contributed by atoms with van der Waals surface area (Å²) in [5.74, 6) is 1.96. The van der Waals surface area contributed by atoms with Gasteiger partial charge >= 0.3 is 0 Å². The number of thioether (sulfide) groups is 1. The number of imide groups is 1. The third kappa shape index (κ3) is 2.72. The molecule has 2 aliphatic rings. The van der Waals surface area contributed by atoms with E-state index in [-0.39, 0.29) is 17.9 Å². The lowest BCUT2D eigenvalue weighted by molar-refractivity contribution is -0.122. The summed E-state index contributed by atoms with van der Waals surface area (Å²) in [6.07, 6.45) is 0.316. The molecule has 2 fully saturated rings. The first-order valence-corrected chi connectivity index (χ1v) is 8.49. The fourth-order valence-corrected chi connectivity index (χ4v) is 4.03. The number of aryl methyl sites for hydroxylation is 2. The van der Waals surface area contributed by atoms with Gasteiger partial charge < -0.3 is 0 Å². The Morgan fingerprint density at radius 1 is 1.14 bits per heavy atom. The number of carbonyl (C=O) groups excluding carboxylic acids is 2. The average Bonchev–Trinajstić information content (AvgIpc) is 2.76. The van der Waals surface area contributed by atoms with Crippen LogP contribution in [0, 0.1) is 13.8 Å². The Hall–Kier alpha value is -1.33. The second kappa shape index (κ2) is 5.81. The number of benzene rings is 1. The van der Waals surface area contributed by atoms with Crippen LogP contribution in [0.1, 0.15) is 17.5 Å². The Kier molecular flexibility index (Phi) is 4.04.